The van der Waals surface area contributed by atoms with E-state index >= 15 is 0 Å². The van der Waals surface area contributed by atoms with Gasteiger partial charge in [0.15, 0.2) is 0 Å². The van der Waals surface area contributed by atoms with Crippen LogP contribution in [-0.4, -0.2) is 31.1 Å². The summed E-state index contributed by atoms with van der Waals surface area (Å²) in [4.78, 5) is 34.5. The van der Waals surface area contributed by atoms with E-state index in [1.807, 2.05) is 0 Å². The molecule has 1 aromatic carbocycles. The standard InChI is InChI=1S/C16H18O6/c1-4-20-15(18)14(16(19)21-5-2)10-12-6-8-13(9-7-12)22-11(3)17/h6-10H,4-5H2,1-3H3. The molecule has 0 amide bonds. The van der Waals surface area contributed by atoms with Gasteiger partial charge in [0, 0.05) is 6.92 Å². The van der Waals surface area contributed by atoms with Crippen molar-refractivity contribution in [1.82, 2.24) is 0 Å². The van der Waals surface area contributed by atoms with Crippen LogP contribution in [0.5, 0.6) is 5.75 Å². The van der Waals surface area contributed by atoms with Gasteiger partial charge in [0.2, 0.25) is 0 Å². The van der Waals surface area contributed by atoms with Gasteiger partial charge in [0.1, 0.15) is 11.3 Å². The molecule has 118 valence electrons. The third-order valence-corrected chi connectivity index (χ3v) is 2.44. The monoisotopic (exact) mass is 306 g/mol. The normalized spacial score (nSPS) is 9.59. The fourth-order valence-electron chi connectivity index (χ4n) is 1.58. The minimum atomic E-state index is -0.745. The molecule has 0 N–H and O–H groups in total. The zero-order valence-electron chi connectivity index (χ0n) is 12.8. The van der Waals surface area contributed by atoms with Crippen LogP contribution in [0.15, 0.2) is 29.8 Å². The van der Waals surface area contributed by atoms with Gasteiger partial charge >= 0.3 is 17.9 Å². The molecule has 0 aliphatic heterocycles. The molecule has 0 atom stereocenters. The Morgan fingerprint density at radius 3 is 1.86 bits per heavy atom. The zero-order chi connectivity index (χ0) is 16.5. The van der Waals surface area contributed by atoms with Gasteiger partial charge in [-0.1, -0.05) is 12.1 Å². The first-order valence-corrected chi connectivity index (χ1v) is 6.82. The number of hydrogen-bond acceptors (Lipinski definition) is 6. The van der Waals surface area contributed by atoms with Crippen LogP contribution in [-0.2, 0) is 23.9 Å². The van der Waals surface area contributed by atoms with Crippen LogP contribution in [0.3, 0.4) is 0 Å². The zero-order valence-corrected chi connectivity index (χ0v) is 12.8. The molecule has 22 heavy (non-hydrogen) atoms. The molecule has 0 aromatic heterocycles. The number of carbonyl (C=O) groups is 3. The molecule has 0 unspecified atom stereocenters. The molecule has 0 heterocycles. The summed E-state index contributed by atoms with van der Waals surface area (Å²) in [5, 5.41) is 0. The number of benzene rings is 1. The van der Waals surface area contributed by atoms with Crippen LogP contribution in [0, 0.1) is 0 Å². The predicted molar refractivity (Wildman–Crippen MR) is 79.0 cm³/mol. The summed E-state index contributed by atoms with van der Waals surface area (Å²) >= 11 is 0. The van der Waals surface area contributed by atoms with E-state index in [0.29, 0.717) is 11.3 Å². The summed E-state index contributed by atoms with van der Waals surface area (Å²) in [5.74, 6) is -1.55. The first-order valence-electron chi connectivity index (χ1n) is 6.82. The molecule has 6 heteroatoms. The highest BCUT2D eigenvalue weighted by molar-refractivity contribution is 6.17. The Morgan fingerprint density at radius 1 is 0.955 bits per heavy atom. The highest BCUT2D eigenvalue weighted by Crippen LogP contribution is 2.16. The molecule has 1 rings (SSSR count). The average Bonchev–Trinajstić information content (AvgIpc) is 2.46. The third-order valence-electron chi connectivity index (χ3n) is 2.44. The summed E-state index contributed by atoms with van der Waals surface area (Å²) in [6.45, 7) is 4.90. The van der Waals surface area contributed by atoms with Crippen LogP contribution in [0.4, 0.5) is 0 Å². The summed E-state index contributed by atoms with van der Waals surface area (Å²) in [6, 6.07) is 6.33. The molecule has 6 nitrogen and oxygen atoms in total. The Labute approximate surface area is 128 Å². The first-order chi connectivity index (χ1) is 10.5. The molecule has 0 aliphatic rings. The van der Waals surface area contributed by atoms with Crippen molar-refractivity contribution in [3.63, 3.8) is 0 Å². The maximum Gasteiger partial charge on any atom is 0.345 e. The fraction of sp³-hybridized carbons (Fsp3) is 0.312. The van der Waals surface area contributed by atoms with E-state index in [1.54, 1.807) is 38.1 Å². The van der Waals surface area contributed by atoms with Gasteiger partial charge < -0.3 is 14.2 Å². The Kier molecular flexibility index (Phi) is 6.82. The van der Waals surface area contributed by atoms with Gasteiger partial charge in [-0.15, -0.1) is 0 Å². The molecular formula is C16H18O6. The maximum absolute atomic E-state index is 11.8. The summed E-state index contributed by atoms with van der Waals surface area (Å²) in [5.41, 5.74) is 0.385. The van der Waals surface area contributed by atoms with Gasteiger partial charge in [0.25, 0.3) is 0 Å². The smallest absolute Gasteiger partial charge is 0.345 e. The van der Waals surface area contributed by atoms with Crippen LogP contribution in [0.1, 0.15) is 26.3 Å². The van der Waals surface area contributed by atoms with Crippen molar-refractivity contribution in [2.24, 2.45) is 0 Å². The lowest BCUT2D eigenvalue weighted by Crippen LogP contribution is -2.18. The Bertz CT molecular complexity index is 551. The van der Waals surface area contributed by atoms with Crippen molar-refractivity contribution in [2.45, 2.75) is 20.8 Å². The molecule has 0 radical (unpaired) electrons. The Hall–Kier alpha value is -2.63. The Balaban J connectivity index is 3.02. The van der Waals surface area contributed by atoms with Crippen LogP contribution >= 0.6 is 0 Å². The molecule has 0 saturated heterocycles. The lowest BCUT2D eigenvalue weighted by molar-refractivity contribution is -0.146. The van der Waals surface area contributed by atoms with Gasteiger partial charge in [0.05, 0.1) is 13.2 Å². The van der Waals surface area contributed by atoms with Crippen LogP contribution < -0.4 is 4.74 Å². The van der Waals surface area contributed by atoms with E-state index in [-0.39, 0.29) is 18.8 Å². The van der Waals surface area contributed by atoms with E-state index in [0.717, 1.165) is 0 Å². The highest BCUT2D eigenvalue weighted by Gasteiger charge is 2.20. The summed E-state index contributed by atoms with van der Waals surface area (Å²) in [7, 11) is 0. The molecule has 0 spiro atoms. The SMILES string of the molecule is CCOC(=O)C(=Cc1ccc(OC(C)=O)cc1)C(=O)OCC. The maximum atomic E-state index is 11.8. The molecule has 0 aliphatic carbocycles. The quantitative estimate of drug-likeness (QED) is 0.263. The summed E-state index contributed by atoms with van der Waals surface area (Å²) < 4.78 is 14.6. The van der Waals surface area contributed by atoms with E-state index in [2.05, 4.69) is 0 Å². The lowest BCUT2D eigenvalue weighted by atomic mass is 10.1. The topological polar surface area (TPSA) is 78.9 Å². The molecule has 0 fully saturated rings. The van der Waals surface area contributed by atoms with Crippen molar-refractivity contribution < 1.29 is 28.6 Å². The third kappa shape index (κ3) is 5.40. The molecule has 0 saturated carbocycles. The minimum absolute atomic E-state index is 0.154. The second-order valence-electron chi connectivity index (χ2n) is 4.16. The Morgan fingerprint density at radius 2 is 1.45 bits per heavy atom. The van der Waals surface area contributed by atoms with Gasteiger partial charge in [-0.3, -0.25) is 4.79 Å². The second kappa shape index (κ2) is 8.61. The summed E-state index contributed by atoms with van der Waals surface area (Å²) in [6.07, 6.45) is 1.37. The van der Waals surface area contributed by atoms with Crippen molar-refractivity contribution in [3.8, 4) is 5.75 Å². The van der Waals surface area contributed by atoms with Crippen molar-refractivity contribution in [2.75, 3.05) is 13.2 Å². The molecule has 1 aromatic rings. The van der Waals surface area contributed by atoms with E-state index in [9.17, 15) is 14.4 Å². The number of rotatable bonds is 6. The number of carbonyl (C=O) groups excluding carboxylic acids is 3. The van der Waals surface area contributed by atoms with E-state index < -0.39 is 17.9 Å². The first kappa shape index (κ1) is 17.4. The van der Waals surface area contributed by atoms with Crippen molar-refractivity contribution in [3.05, 3.63) is 35.4 Å². The largest absolute Gasteiger partial charge is 0.462 e. The fourth-order valence-corrected chi connectivity index (χ4v) is 1.58. The number of esters is 3. The predicted octanol–water partition coefficient (Wildman–Crippen LogP) is 2.12. The van der Waals surface area contributed by atoms with Gasteiger partial charge in [-0.25, -0.2) is 9.59 Å². The average molecular weight is 306 g/mol. The van der Waals surface area contributed by atoms with Crippen molar-refractivity contribution >= 4 is 24.0 Å². The molecule has 0 bridgehead atoms. The van der Waals surface area contributed by atoms with E-state index in [1.165, 1.54) is 13.0 Å². The van der Waals surface area contributed by atoms with E-state index in [4.69, 9.17) is 14.2 Å². The second-order valence-corrected chi connectivity index (χ2v) is 4.16. The van der Waals surface area contributed by atoms with Crippen LogP contribution in [0.2, 0.25) is 0 Å². The van der Waals surface area contributed by atoms with Crippen molar-refractivity contribution in [1.29, 1.82) is 0 Å². The number of hydrogen-bond donors (Lipinski definition) is 0. The number of ether oxygens (including phenoxy) is 3. The molecular weight excluding hydrogens is 288 g/mol. The van der Waals surface area contributed by atoms with Crippen LogP contribution in [0.25, 0.3) is 6.08 Å². The minimum Gasteiger partial charge on any atom is -0.462 e. The van der Waals surface area contributed by atoms with Gasteiger partial charge in [-0.05, 0) is 37.6 Å². The highest BCUT2D eigenvalue weighted by atomic mass is 16.6. The lowest BCUT2D eigenvalue weighted by Gasteiger charge is -2.07. The van der Waals surface area contributed by atoms with Gasteiger partial charge in [-0.2, -0.15) is 0 Å².